The van der Waals surface area contributed by atoms with Crippen molar-refractivity contribution in [1.82, 2.24) is 0 Å². The highest BCUT2D eigenvalue weighted by Crippen LogP contribution is 2.32. The number of aliphatic hydroxyl groups excluding tert-OH is 1. The molecule has 88 valence electrons. The first-order valence-electron chi connectivity index (χ1n) is 5.40. The fraction of sp³-hybridized carbons (Fsp3) is 0.231. The van der Waals surface area contributed by atoms with Crippen LogP contribution in [0, 0.1) is 0 Å². The van der Waals surface area contributed by atoms with Crippen LogP contribution in [0.3, 0.4) is 0 Å². The van der Waals surface area contributed by atoms with Gasteiger partial charge < -0.3 is 10.3 Å². The summed E-state index contributed by atoms with van der Waals surface area (Å²) in [6, 6.07) is 9.61. The maximum absolute atomic E-state index is 11.8. The molecule has 1 aliphatic rings. The Labute approximate surface area is 98.9 Å². The van der Waals surface area contributed by atoms with Crippen LogP contribution in [0.25, 0.3) is 0 Å². The van der Waals surface area contributed by atoms with E-state index in [-0.39, 0.29) is 23.0 Å². The van der Waals surface area contributed by atoms with E-state index in [1.807, 2.05) is 30.3 Å². The van der Waals surface area contributed by atoms with Crippen molar-refractivity contribution in [2.45, 2.75) is 18.8 Å². The third kappa shape index (κ3) is 2.36. The molecule has 0 aromatic heterocycles. The first-order valence-corrected chi connectivity index (χ1v) is 5.40. The molecule has 4 nitrogen and oxygen atoms in total. The fourth-order valence-electron chi connectivity index (χ4n) is 2.08. The Balaban J connectivity index is 2.26. The van der Waals surface area contributed by atoms with E-state index in [4.69, 9.17) is 5.21 Å². The molecule has 0 heterocycles. The average Bonchev–Trinajstić information content (AvgIpc) is 2.35. The zero-order chi connectivity index (χ0) is 12.3. The van der Waals surface area contributed by atoms with Gasteiger partial charge in [0.1, 0.15) is 5.76 Å². The Morgan fingerprint density at radius 3 is 2.53 bits per heavy atom. The van der Waals surface area contributed by atoms with Gasteiger partial charge in [0.15, 0.2) is 5.78 Å². The number of ketones is 1. The fourth-order valence-corrected chi connectivity index (χ4v) is 2.08. The molecule has 0 amide bonds. The maximum atomic E-state index is 11.8. The van der Waals surface area contributed by atoms with Crippen LogP contribution in [0.1, 0.15) is 24.3 Å². The molecule has 17 heavy (non-hydrogen) atoms. The van der Waals surface area contributed by atoms with E-state index < -0.39 is 0 Å². The number of aliphatic hydroxyl groups is 1. The molecule has 4 heteroatoms. The standard InChI is InChI=1S/C13H13NO3/c15-12-6-10(9-4-2-1-3-5-9)7-13(16)11(12)8-14-17/h1-5,8,10,15,17H,6-7H2. The summed E-state index contributed by atoms with van der Waals surface area (Å²) < 4.78 is 0. The first kappa shape index (κ1) is 11.4. The quantitative estimate of drug-likeness (QED) is 0.466. The van der Waals surface area contributed by atoms with Gasteiger partial charge >= 0.3 is 0 Å². The summed E-state index contributed by atoms with van der Waals surface area (Å²) >= 11 is 0. The van der Waals surface area contributed by atoms with Crippen LogP contribution in [0.2, 0.25) is 0 Å². The van der Waals surface area contributed by atoms with Crippen LogP contribution in [-0.4, -0.2) is 22.3 Å². The van der Waals surface area contributed by atoms with Gasteiger partial charge in [-0.25, -0.2) is 0 Å². The molecule has 1 unspecified atom stereocenters. The van der Waals surface area contributed by atoms with Crippen LogP contribution in [-0.2, 0) is 4.79 Å². The largest absolute Gasteiger partial charge is 0.511 e. The number of hydrogen-bond donors (Lipinski definition) is 2. The van der Waals surface area contributed by atoms with Gasteiger partial charge in [-0.05, 0) is 11.5 Å². The monoisotopic (exact) mass is 231 g/mol. The molecule has 0 aliphatic heterocycles. The Hall–Kier alpha value is -2.10. The molecular weight excluding hydrogens is 218 g/mol. The predicted molar refractivity (Wildman–Crippen MR) is 63.4 cm³/mol. The highest BCUT2D eigenvalue weighted by Gasteiger charge is 2.27. The van der Waals surface area contributed by atoms with Crippen LogP contribution < -0.4 is 0 Å². The number of benzene rings is 1. The lowest BCUT2D eigenvalue weighted by Gasteiger charge is -2.22. The third-order valence-corrected chi connectivity index (χ3v) is 2.94. The van der Waals surface area contributed by atoms with E-state index in [1.165, 1.54) is 0 Å². The van der Waals surface area contributed by atoms with Gasteiger partial charge in [0.2, 0.25) is 0 Å². The number of allylic oxidation sites excluding steroid dienone is 2. The highest BCUT2D eigenvalue weighted by molar-refractivity contribution is 6.14. The minimum absolute atomic E-state index is 0.000423. The van der Waals surface area contributed by atoms with E-state index >= 15 is 0 Å². The summed E-state index contributed by atoms with van der Waals surface area (Å²) in [5.41, 5.74) is 1.15. The Morgan fingerprint density at radius 2 is 1.94 bits per heavy atom. The predicted octanol–water partition coefficient (Wildman–Crippen LogP) is 2.41. The number of carbonyl (C=O) groups excluding carboxylic acids is 1. The summed E-state index contributed by atoms with van der Waals surface area (Å²) in [5.74, 6) is -0.201. The minimum atomic E-state index is -0.194. The van der Waals surface area contributed by atoms with Gasteiger partial charge in [-0.2, -0.15) is 0 Å². The molecule has 0 saturated heterocycles. The topological polar surface area (TPSA) is 69.9 Å². The van der Waals surface area contributed by atoms with Crippen molar-refractivity contribution in [2.24, 2.45) is 5.16 Å². The normalized spacial score (nSPS) is 21.2. The van der Waals surface area contributed by atoms with Crippen molar-refractivity contribution in [3.05, 3.63) is 47.2 Å². The number of carbonyl (C=O) groups is 1. The molecule has 1 aliphatic carbocycles. The lowest BCUT2D eigenvalue weighted by atomic mass is 9.83. The van der Waals surface area contributed by atoms with Gasteiger partial charge in [0.05, 0.1) is 11.8 Å². The molecule has 0 saturated carbocycles. The van der Waals surface area contributed by atoms with Gasteiger partial charge in [-0.3, -0.25) is 4.79 Å². The molecule has 0 fully saturated rings. The molecule has 2 rings (SSSR count). The summed E-state index contributed by atoms with van der Waals surface area (Å²) in [5, 5.41) is 21.0. The second-order valence-corrected chi connectivity index (χ2v) is 4.04. The highest BCUT2D eigenvalue weighted by atomic mass is 16.4. The van der Waals surface area contributed by atoms with Crippen molar-refractivity contribution < 1.29 is 15.1 Å². The molecule has 1 aromatic rings. The number of rotatable bonds is 2. The SMILES string of the molecule is O=C1CC(c2ccccc2)CC(O)=C1C=NO. The molecule has 0 bridgehead atoms. The van der Waals surface area contributed by atoms with Crippen molar-refractivity contribution >= 4 is 12.0 Å². The van der Waals surface area contributed by atoms with E-state index in [1.54, 1.807) is 0 Å². The van der Waals surface area contributed by atoms with Crippen LogP contribution in [0.15, 0.2) is 46.8 Å². The summed E-state index contributed by atoms with van der Waals surface area (Å²) in [6.45, 7) is 0. The van der Waals surface area contributed by atoms with Crippen molar-refractivity contribution in [3.63, 3.8) is 0 Å². The molecular formula is C13H13NO3. The number of Topliss-reactive ketones (excluding diaryl/α,β-unsaturated/α-hetero) is 1. The van der Waals surface area contributed by atoms with Crippen LogP contribution in [0.4, 0.5) is 0 Å². The van der Waals surface area contributed by atoms with Gasteiger partial charge in [0.25, 0.3) is 0 Å². The van der Waals surface area contributed by atoms with Crippen molar-refractivity contribution in [1.29, 1.82) is 0 Å². The molecule has 2 N–H and O–H groups in total. The third-order valence-electron chi connectivity index (χ3n) is 2.94. The zero-order valence-corrected chi connectivity index (χ0v) is 9.21. The van der Waals surface area contributed by atoms with E-state index in [0.717, 1.165) is 11.8 Å². The number of hydrogen-bond acceptors (Lipinski definition) is 4. The van der Waals surface area contributed by atoms with E-state index in [2.05, 4.69) is 5.16 Å². The number of oxime groups is 1. The second-order valence-electron chi connectivity index (χ2n) is 4.04. The molecule has 1 atom stereocenters. The van der Waals surface area contributed by atoms with E-state index in [9.17, 15) is 9.90 Å². The molecule has 0 radical (unpaired) electrons. The lowest BCUT2D eigenvalue weighted by molar-refractivity contribution is -0.116. The Morgan fingerprint density at radius 1 is 1.24 bits per heavy atom. The van der Waals surface area contributed by atoms with Crippen LogP contribution >= 0.6 is 0 Å². The summed E-state index contributed by atoms with van der Waals surface area (Å²) in [6.07, 6.45) is 1.73. The van der Waals surface area contributed by atoms with Crippen molar-refractivity contribution in [3.8, 4) is 0 Å². The van der Waals surface area contributed by atoms with Crippen molar-refractivity contribution in [2.75, 3.05) is 0 Å². The smallest absolute Gasteiger partial charge is 0.168 e. The second kappa shape index (κ2) is 4.82. The first-order chi connectivity index (χ1) is 8.22. The van der Waals surface area contributed by atoms with Crippen LogP contribution in [0.5, 0.6) is 0 Å². The molecule has 0 spiro atoms. The average molecular weight is 231 g/mol. The Kier molecular flexibility index (Phi) is 3.23. The number of nitrogens with zero attached hydrogens (tertiary/aromatic N) is 1. The Bertz CT molecular complexity index is 477. The van der Waals surface area contributed by atoms with E-state index in [0.29, 0.717) is 12.8 Å². The minimum Gasteiger partial charge on any atom is -0.511 e. The van der Waals surface area contributed by atoms with Gasteiger partial charge in [-0.1, -0.05) is 35.5 Å². The van der Waals surface area contributed by atoms with Gasteiger partial charge in [0, 0.05) is 12.8 Å². The zero-order valence-electron chi connectivity index (χ0n) is 9.21. The molecule has 1 aromatic carbocycles. The van der Waals surface area contributed by atoms with Gasteiger partial charge in [-0.15, -0.1) is 0 Å². The maximum Gasteiger partial charge on any atom is 0.168 e. The summed E-state index contributed by atoms with van der Waals surface area (Å²) in [4.78, 5) is 11.8. The summed E-state index contributed by atoms with van der Waals surface area (Å²) in [7, 11) is 0. The lowest BCUT2D eigenvalue weighted by Crippen LogP contribution is -2.19.